The van der Waals surface area contributed by atoms with Gasteiger partial charge < -0.3 is 15.1 Å². The first kappa shape index (κ1) is 23.9. The number of nitrogens with one attached hydrogen (secondary N) is 1. The van der Waals surface area contributed by atoms with Gasteiger partial charge in [-0.2, -0.15) is 0 Å². The number of halogens is 1. The van der Waals surface area contributed by atoms with Crippen LogP contribution in [0.3, 0.4) is 0 Å². The molecule has 5 rings (SSSR count). The molecule has 3 aromatic rings. The van der Waals surface area contributed by atoms with Gasteiger partial charge in [0, 0.05) is 53.7 Å². The molecule has 0 radical (unpaired) electrons. The van der Waals surface area contributed by atoms with E-state index in [1.807, 2.05) is 48.2 Å². The molecule has 0 aliphatic carbocycles. The van der Waals surface area contributed by atoms with Crippen molar-refractivity contribution in [3.8, 4) is 0 Å². The van der Waals surface area contributed by atoms with Gasteiger partial charge in [-0.15, -0.1) is 0 Å². The van der Waals surface area contributed by atoms with Crippen LogP contribution in [0.1, 0.15) is 42.2 Å². The minimum atomic E-state index is -0.227. The second-order valence-corrected chi connectivity index (χ2v) is 9.57. The number of carbonyl (C=O) groups excluding carboxylic acids is 3. The van der Waals surface area contributed by atoms with E-state index in [1.54, 1.807) is 53.1 Å². The first-order chi connectivity index (χ1) is 17.3. The van der Waals surface area contributed by atoms with Gasteiger partial charge in [0.2, 0.25) is 5.91 Å². The number of hydrogen-bond donors (Lipinski definition) is 1. The number of fused-ring (bicyclic) bond motifs is 1. The van der Waals surface area contributed by atoms with Gasteiger partial charge in [0.05, 0.1) is 6.04 Å². The van der Waals surface area contributed by atoms with E-state index in [4.69, 9.17) is 11.6 Å². The second-order valence-electron chi connectivity index (χ2n) is 9.13. The van der Waals surface area contributed by atoms with Crippen molar-refractivity contribution in [2.24, 2.45) is 0 Å². The SMILES string of the molecule is CC(=O)N(c1ccc(Cl)cc1)[C@@H]1C[C@H](C)N(C(=O)c2ccc(N3CCNC3=O)cc2)c2ccccc21. The zero-order chi connectivity index (χ0) is 25.4. The number of carbonyl (C=O) groups is 3. The number of hydrogen-bond acceptors (Lipinski definition) is 3. The fourth-order valence-electron chi connectivity index (χ4n) is 5.16. The zero-order valence-electron chi connectivity index (χ0n) is 20.1. The molecule has 1 saturated heterocycles. The van der Waals surface area contributed by atoms with Gasteiger partial charge in [-0.1, -0.05) is 29.8 Å². The third-order valence-electron chi connectivity index (χ3n) is 6.82. The highest BCUT2D eigenvalue weighted by atomic mass is 35.5. The minimum absolute atomic E-state index is 0.0781. The van der Waals surface area contributed by atoms with E-state index in [2.05, 4.69) is 5.32 Å². The fraction of sp³-hybridized carbons (Fsp3) is 0.250. The number of benzene rings is 3. The Hall–Kier alpha value is -3.84. The molecule has 0 spiro atoms. The van der Waals surface area contributed by atoms with Crippen LogP contribution in [0.4, 0.5) is 21.9 Å². The predicted octanol–water partition coefficient (Wildman–Crippen LogP) is 5.40. The highest BCUT2D eigenvalue weighted by molar-refractivity contribution is 6.30. The summed E-state index contributed by atoms with van der Waals surface area (Å²) in [6.45, 7) is 4.77. The van der Waals surface area contributed by atoms with Gasteiger partial charge in [-0.3, -0.25) is 14.5 Å². The lowest BCUT2D eigenvalue weighted by atomic mass is 9.89. The van der Waals surface area contributed by atoms with Crippen LogP contribution in [-0.4, -0.2) is 37.0 Å². The molecule has 4 amide bonds. The summed E-state index contributed by atoms with van der Waals surface area (Å²) in [6.07, 6.45) is 0.580. The Morgan fingerprint density at radius 2 is 1.69 bits per heavy atom. The smallest absolute Gasteiger partial charge is 0.321 e. The molecule has 7 nitrogen and oxygen atoms in total. The average molecular weight is 503 g/mol. The maximum absolute atomic E-state index is 13.7. The Labute approximate surface area is 215 Å². The first-order valence-electron chi connectivity index (χ1n) is 12.0. The Bertz CT molecular complexity index is 1310. The molecule has 0 aromatic heterocycles. The van der Waals surface area contributed by atoms with Crippen molar-refractivity contribution in [1.29, 1.82) is 0 Å². The molecule has 0 saturated carbocycles. The summed E-state index contributed by atoms with van der Waals surface area (Å²) in [5.41, 5.74) is 3.77. The first-order valence-corrected chi connectivity index (χ1v) is 12.4. The third-order valence-corrected chi connectivity index (χ3v) is 7.07. The van der Waals surface area contributed by atoms with E-state index in [0.717, 1.165) is 22.6 Å². The Morgan fingerprint density at radius 1 is 1.00 bits per heavy atom. The summed E-state index contributed by atoms with van der Waals surface area (Å²) in [5.74, 6) is -0.197. The van der Waals surface area contributed by atoms with E-state index >= 15 is 0 Å². The molecule has 2 atom stereocenters. The molecule has 2 aliphatic rings. The van der Waals surface area contributed by atoms with Crippen molar-refractivity contribution >= 4 is 46.5 Å². The standard InChI is InChI=1S/C28H27ClN4O3/c1-18-17-26(33(19(2)34)23-13-9-21(29)10-14-23)24-5-3-4-6-25(24)32(18)27(35)20-7-11-22(12-8-20)31-16-15-30-28(31)36/h3-14,18,26H,15-17H2,1-2H3,(H,30,36)/t18-,26+/m0/s1. The van der Waals surface area contributed by atoms with Crippen LogP contribution < -0.4 is 20.0 Å². The molecular weight excluding hydrogens is 476 g/mol. The fourth-order valence-corrected chi connectivity index (χ4v) is 5.29. The van der Waals surface area contributed by atoms with Crippen molar-refractivity contribution in [2.75, 3.05) is 27.8 Å². The van der Waals surface area contributed by atoms with Crippen LogP contribution in [0, 0.1) is 0 Å². The molecule has 184 valence electrons. The molecule has 2 aliphatic heterocycles. The molecule has 8 heteroatoms. The van der Waals surface area contributed by atoms with E-state index in [1.165, 1.54) is 0 Å². The van der Waals surface area contributed by atoms with Crippen molar-refractivity contribution < 1.29 is 14.4 Å². The third kappa shape index (κ3) is 4.31. The number of amides is 4. The van der Waals surface area contributed by atoms with Gasteiger partial charge in [0.15, 0.2) is 0 Å². The number of anilines is 3. The van der Waals surface area contributed by atoms with Crippen molar-refractivity contribution in [3.05, 3.63) is 88.9 Å². The van der Waals surface area contributed by atoms with Gasteiger partial charge in [0.25, 0.3) is 5.91 Å². The monoisotopic (exact) mass is 502 g/mol. The van der Waals surface area contributed by atoms with Gasteiger partial charge >= 0.3 is 6.03 Å². The van der Waals surface area contributed by atoms with E-state index in [-0.39, 0.29) is 29.9 Å². The quantitative estimate of drug-likeness (QED) is 0.519. The van der Waals surface area contributed by atoms with Gasteiger partial charge in [0.1, 0.15) is 0 Å². The van der Waals surface area contributed by atoms with Crippen molar-refractivity contribution in [2.45, 2.75) is 32.4 Å². The van der Waals surface area contributed by atoms with E-state index in [9.17, 15) is 14.4 Å². The number of rotatable bonds is 4. The second kappa shape index (κ2) is 9.66. The van der Waals surface area contributed by atoms with Crippen LogP contribution in [-0.2, 0) is 4.79 Å². The van der Waals surface area contributed by atoms with Crippen LogP contribution in [0.5, 0.6) is 0 Å². The molecular formula is C28H27ClN4O3. The Kier molecular flexibility index (Phi) is 6.41. The molecule has 0 bridgehead atoms. The maximum Gasteiger partial charge on any atom is 0.321 e. The maximum atomic E-state index is 13.7. The van der Waals surface area contributed by atoms with Crippen molar-refractivity contribution in [1.82, 2.24) is 5.32 Å². The van der Waals surface area contributed by atoms with Gasteiger partial charge in [-0.05, 0) is 73.5 Å². The molecule has 3 aromatic carbocycles. The lowest BCUT2D eigenvalue weighted by Gasteiger charge is -2.43. The number of para-hydroxylation sites is 1. The normalized spacial score (nSPS) is 19.0. The number of nitrogens with zero attached hydrogens (tertiary/aromatic N) is 3. The summed E-state index contributed by atoms with van der Waals surface area (Å²) < 4.78 is 0. The summed E-state index contributed by atoms with van der Waals surface area (Å²) >= 11 is 6.08. The topological polar surface area (TPSA) is 73.0 Å². The summed E-state index contributed by atoms with van der Waals surface area (Å²) in [5, 5.41) is 3.39. The molecule has 36 heavy (non-hydrogen) atoms. The van der Waals surface area contributed by atoms with Gasteiger partial charge in [-0.25, -0.2) is 4.79 Å². The summed E-state index contributed by atoms with van der Waals surface area (Å²) in [6, 6.07) is 21.6. The molecule has 2 heterocycles. The lowest BCUT2D eigenvalue weighted by Crippen LogP contribution is -2.47. The minimum Gasteiger partial charge on any atom is -0.336 e. The van der Waals surface area contributed by atoms with E-state index in [0.29, 0.717) is 30.1 Å². The van der Waals surface area contributed by atoms with Crippen LogP contribution in [0.25, 0.3) is 0 Å². The average Bonchev–Trinajstić information content (AvgIpc) is 3.31. The van der Waals surface area contributed by atoms with Crippen LogP contribution in [0.2, 0.25) is 5.02 Å². The van der Waals surface area contributed by atoms with Crippen LogP contribution >= 0.6 is 11.6 Å². The zero-order valence-corrected chi connectivity index (χ0v) is 20.9. The Morgan fingerprint density at radius 3 is 2.33 bits per heavy atom. The summed E-state index contributed by atoms with van der Waals surface area (Å²) in [4.78, 5) is 43.8. The van der Waals surface area contributed by atoms with Crippen molar-refractivity contribution in [3.63, 3.8) is 0 Å². The molecule has 1 N–H and O–H groups in total. The number of urea groups is 1. The predicted molar refractivity (Wildman–Crippen MR) is 142 cm³/mol. The lowest BCUT2D eigenvalue weighted by molar-refractivity contribution is -0.117. The van der Waals surface area contributed by atoms with Crippen LogP contribution in [0.15, 0.2) is 72.8 Å². The molecule has 0 unspecified atom stereocenters. The largest absolute Gasteiger partial charge is 0.336 e. The highest BCUT2D eigenvalue weighted by Gasteiger charge is 2.38. The highest BCUT2D eigenvalue weighted by Crippen LogP contribution is 2.43. The van der Waals surface area contributed by atoms with E-state index < -0.39 is 0 Å². The summed E-state index contributed by atoms with van der Waals surface area (Å²) in [7, 11) is 0. The Balaban J connectivity index is 1.48. The molecule has 1 fully saturated rings.